The van der Waals surface area contributed by atoms with E-state index in [0.29, 0.717) is 19.0 Å². The predicted molar refractivity (Wildman–Crippen MR) is 77.6 cm³/mol. The van der Waals surface area contributed by atoms with Crippen molar-refractivity contribution in [1.82, 2.24) is 10.2 Å². The number of nitrogens with two attached hydrogens (primary N) is 1. The maximum atomic E-state index is 11.8. The maximum absolute atomic E-state index is 11.8. The van der Waals surface area contributed by atoms with Gasteiger partial charge in [0.05, 0.1) is 0 Å². The lowest BCUT2D eigenvalue weighted by molar-refractivity contribution is -0.132. The Hall–Kier alpha value is -1.10. The van der Waals surface area contributed by atoms with Gasteiger partial charge in [-0.1, -0.05) is 20.8 Å². The van der Waals surface area contributed by atoms with Crippen LogP contribution in [0.1, 0.15) is 46.5 Å². The highest BCUT2D eigenvalue weighted by molar-refractivity contribution is 5.83. The van der Waals surface area contributed by atoms with E-state index in [0.717, 1.165) is 12.8 Å². The summed E-state index contributed by atoms with van der Waals surface area (Å²) in [5.41, 5.74) is 5.94. The third-order valence-corrected chi connectivity index (χ3v) is 3.22. The van der Waals surface area contributed by atoms with Gasteiger partial charge in [0.2, 0.25) is 11.8 Å². The minimum Gasteiger partial charge on any atom is -0.356 e. The summed E-state index contributed by atoms with van der Waals surface area (Å²) in [6, 6.07) is 0.114. The monoisotopic (exact) mass is 271 g/mol. The molecule has 2 amide bonds. The van der Waals surface area contributed by atoms with Crippen LogP contribution in [0.5, 0.6) is 0 Å². The Kier molecular flexibility index (Phi) is 9.21. The summed E-state index contributed by atoms with van der Waals surface area (Å²) in [5.74, 6) is 0.369. The van der Waals surface area contributed by atoms with Crippen LogP contribution < -0.4 is 11.1 Å². The number of rotatable bonds is 9. The van der Waals surface area contributed by atoms with Crippen LogP contribution in [0.15, 0.2) is 0 Å². The zero-order valence-electron chi connectivity index (χ0n) is 12.7. The molecule has 0 radical (unpaired) electrons. The summed E-state index contributed by atoms with van der Waals surface area (Å²) >= 11 is 0. The van der Waals surface area contributed by atoms with Crippen molar-refractivity contribution >= 4 is 11.8 Å². The minimum atomic E-state index is -0.0533. The number of carbonyl (C=O) groups excluding carboxylic acids is 2. The van der Waals surface area contributed by atoms with E-state index in [2.05, 4.69) is 19.2 Å². The molecule has 0 fully saturated rings. The standard InChI is InChI=1S/C14H29N3O2/c1-5-9-16-13(18)6-7-14(19)17(4)10-8-12(15)11(2)3/h11-12H,5-10,15H2,1-4H3,(H,16,18). The Balaban J connectivity index is 3.84. The third-order valence-electron chi connectivity index (χ3n) is 3.22. The molecule has 5 heteroatoms. The van der Waals surface area contributed by atoms with Gasteiger partial charge in [0.15, 0.2) is 0 Å². The highest BCUT2D eigenvalue weighted by Crippen LogP contribution is 2.05. The Morgan fingerprint density at radius 2 is 1.89 bits per heavy atom. The summed E-state index contributed by atoms with van der Waals surface area (Å²) in [6.45, 7) is 7.47. The molecule has 0 aromatic rings. The second-order valence-corrected chi connectivity index (χ2v) is 5.36. The fraction of sp³-hybridized carbons (Fsp3) is 0.857. The molecule has 1 atom stereocenters. The van der Waals surface area contributed by atoms with Gasteiger partial charge in [-0.3, -0.25) is 9.59 Å². The van der Waals surface area contributed by atoms with Crippen molar-refractivity contribution in [3.05, 3.63) is 0 Å². The summed E-state index contributed by atoms with van der Waals surface area (Å²) < 4.78 is 0. The number of hydrogen-bond donors (Lipinski definition) is 2. The second kappa shape index (κ2) is 9.78. The Morgan fingerprint density at radius 3 is 2.42 bits per heavy atom. The van der Waals surface area contributed by atoms with E-state index < -0.39 is 0 Å². The van der Waals surface area contributed by atoms with Crippen LogP contribution >= 0.6 is 0 Å². The van der Waals surface area contributed by atoms with Crippen LogP contribution in [-0.2, 0) is 9.59 Å². The van der Waals surface area contributed by atoms with Crippen LogP contribution in [0.2, 0.25) is 0 Å². The molecule has 0 aliphatic carbocycles. The van der Waals surface area contributed by atoms with Gasteiger partial charge in [-0.25, -0.2) is 0 Å². The number of nitrogens with one attached hydrogen (secondary N) is 1. The molecule has 0 aromatic carbocycles. The lowest BCUT2D eigenvalue weighted by Gasteiger charge is -2.21. The summed E-state index contributed by atoms with van der Waals surface area (Å²) in [5, 5.41) is 2.76. The number of nitrogens with zero attached hydrogens (tertiary/aromatic N) is 1. The summed E-state index contributed by atoms with van der Waals surface area (Å²) in [7, 11) is 1.76. The molecule has 0 aliphatic heterocycles. The Labute approximate surface area is 116 Å². The van der Waals surface area contributed by atoms with Gasteiger partial charge in [0.25, 0.3) is 0 Å². The van der Waals surface area contributed by atoms with E-state index in [4.69, 9.17) is 5.73 Å². The normalized spacial score (nSPS) is 12.3. The van der Waals surface area contributed by atoms with Gasteiger partial charge in [0.1, 0.15) is 0 Å². The van der Waals surface area contributed by atoms with Crippen LogP contribution in [0.25, 0.3) is 0 Å². The molecule has 112 valence electrons. The maximum Gasteiger partial charge on any atom is 0.222 e. The van der Waals surface area contributed by atoms with Crippen molar-refractivity contribution in [2.24, 2.45) is 11.7 Å². The average Bonchev–Trinajstić information content (AvgIpc) is 2.38. The largest absolute Gasteiger partial charge is 0.356 e. The molecule has 0 heterocycles. The summed E-state index contributed by atoms with van der Waals surface area (Å²) in [6.07, 6.45) is 2.23. The molecular formula is C14H29N3O2. The fourth-order valence-electron chi connectivity index (χ4n) is 1.56. The minimum absolute atomic E-state index is 0.00241. The van der Waals surface area contributed by atoms with Crippen molar-refractivity contribution in [3.63, 3.8) is 0 Å². The molecule has 0 saturated heterocycles. The van der Waals surface area contributed by atoms with Crippen molar-refractivity contribution in [1.29, 1.82) is 0 Å². The van der Waals surface area contributed by atoms with Crippen LogP contribution in [0.4, 0.5) is 0 Å². The van der Waals surface area contributed by atoms with Crippen molar-refractivity contribution in [3.8, 4) is 0 Å². The molecule has 19 heavy (non-hydrogen) atoms. The van der Waals surface area contributed by atoms with E-state index in [1.165, 1.54) is 0 Å². The van der Waals surface area contributed by atoms with E-state index in [-0.39, 0.29) is 30.7 Å². The molecule has 0 bridgehead atoms. The van der Waals surface area contributed by atoms with Crippen LogP contribution in [0, 0.1) is 5.92 Å². The zero-order chi connectivity index (χ0) is 14.8. The molecule has 0 aliphatic rings. The number of carbonyl (C=O) groups is 2. The molecule has 0 saturated carbocycles. The van der Waals surface area contributed by atoms with E-state index in [1.54, 1.807) is 11.9 Å². The quantitative estimate of drug-likeness (QED) is 0.660. The predicted octanol–water partition coefficient (Wildman–Crippen LogP) is 1.12. The SMILES string of the molecule is CCCNC(=O)CCC(=O)N(C)CCC(N)C(C)C. The first-order valence-corrected chi connectivity index (χ1v) is 7.14. The second-order valence-electron chi connectivity index (χ2n) is 5.36. The van der Waals surface area contributed by atoms with Gasteiger partial charge >= 0.3 is 0 Å². The topological polar surface area (TPSA) is 75.4 Å². The third kappa shape index (κ3) is 8.59. The van der Waals surface area contributed by atoms with Crippen molar-refractivity contribution in [2.75, 3.05) is 20.1 Å². The smallest absolute Gasteiger partial charge is 0.222 e. The fourth-order valence-corrected chi connectivity index (χ4v) is 1.56. The van der Waals surface area contributed by atoms with Crippen molar-refractivity contribution in [2.45, 2.75) is 52.5 Å². The van der Waals surface area contributed by atoms with Gasteiger partial charge in [0, 0.05) is 39.0 Å². The molecule has 0 aromatic heterocycles. The van der Waals surface area contributed by atoms with Gasteiger partial charge in [-0.15, -0.1) is 0 Å². The Bertz CT molecular complexity index is 280. The van der Waals surface area contributed by atoms with Crippen molar-refractivity contribution < 1.29 is 9.59 Å². The van der Waals surface area contributed by atoms with Gasteiger partial charge < -0.3 is 16.0 Å². The molecule has 0 spiro atoms. The van der Waals surface area contributed by atoms with E-state index in [1.807, 2.05) is 6.92 Å². The molecular weight excluding hydrogens is 242 g/mol. The lowest BCUT2D eigenvalue weighted by atomic mass is 10.0. The summed E-state index contributed by atoms with van der Waals surface area (Å²) in [4.78, 5) is 24.9. The molecule has 3 N–H and O–H groups in total. The van der Waals surface area contributed by atoms with E-state index in [9.17, 15) is 9.59 Å². The van der Waals surface area contributed by atoms with Crippen LogP contribution in [0.3, 0.4) is 0 Å². The lowest BCUT2D eigenvalue weighted by Crippen LogP contribution is -2.35. The first-order chi connectivity index (χ1) is 8.88. The highest BCUT2D eigenvalue weighted by Gasteiger charge is 2.13. The number of amides is 2. The Morgan fingerprint density at radius 1 is 1.26 bits per heavy atom. The van der Waals surface area contributed by atoms with E-state index >= 15 is 0 Å². The molecule has 1 unspecified atom stereocenters. The average molecular weight is 271 g/mol. The van der Waals surface area contributed by atoms with Crippen LogP contribution in [-0.4, -0.2) is 42.9 Å². The molecule has 5 nitrogen and oxygen atoms in total. The van der Waals surface area contributed by atoms with Gasteiger partial charge in [-0.05, 0) is 18.8 Å². The molecule has 0 rings (SSSR count). The highest BCUT2D eigenvalue weighted by atomic mass is 16.2. The zero-order valence-corrected chi connectivity index (χ0v) is 12.7. The first kappa shape index (κ1) is 17.9. The van der Waals surface area contributed by atoms with Gasteiger partial charge in [-0.2, -0.15) is 0 Å². The number of hydrogen-bond acceptors (Lipinski definition) is 3. The first-order valence-electron chi connectivity index (χ1n) is 7.14.